The number of rotatable bonds is 11. The standard InChI is InChI=1S/C35H33Cl3F3N3O4S/c1-34(2,3)42-33(46)31(19-23-10-6-4-7-11-23)43(21-24-14-16-29(37)30(38)18-24)32(45)22-44(49(47,48)26-12-8-5-9-13-26)25-15-17-28(36)27(20-25)35(39,40)41/h4-18,20,31H,19,21-22H2,1-3H3,(H,42,46)/t31-/m1/s1. The Hall–Kier alpha value is -3.77. The topological polar surface area (TPSA) is 86.8 Å². The molecule has 0 aromatic heterocycles. The average molecular weight is 755 g/mol. The number of benzene rings is 4. The number of halogens is 6. The minimum Gasteiger partial charge on any atom is -0.350 e. The van der Waals surface area contributed by atoms with Crippen LogP contribution < -0.4 is 9.62 Å². The number of anilines is 1. The lowest BCUT2D eigenvalue weighted by Gasteiger charge is -2.35. The van der Waals surface area contributed by atoms with Gasteiger partial charge in [-0.05, 0) is 74.4 Å². The molecule has 1 N–H and O–H groups in total. The van der Waals surface area contributed by atoms with Gasteiger partial charge >= 0.3 is 6.18 Å². The van der Waals surface area contributed by atoms with Crippen molar-refractivity contribution < 1.29 is 31.2 Å². The van der Waals surface area contributed by atoms with Gasteiger partial charge in [-0.3, -0.25) is 13.9 Å². The number of carbonyl (C=O) groups is 2. The van der Waals surface area contributed by atoms with E-state index in [4.69, 9.17) is 34.8 Å². The quantitative estimate of drug-likeness (QED) is 0.167. The highest BCUT2D eigenvalue weighted by Crippen LogP contribution is 2.38. The van der Waals surface area contributed by atoms with Gasteiger partial charge in [-0.2, -0.15) is 13.2 Å². The van der Waals surface area contributed by atoms with Crippen LogP contribution in [0.2, 0.25) is 15.1 Å². The predicted octanol–water partition coefficient (Wildman–Crippen LogP) is 8.42. The van der Waals surface area contributed by atoms with Gasteiger partial charge in [-0.15, -0.1) is 0 Å². The zero-order chi connectivity index (χ0) is 36.1. The van der Waals surface area contributed by atoms with Crippen LogP contribution in [0.1, 0.15) is 37.5 Å². The van der Waals surface area contributed by atoms with Crippen LogP contribution in [-0.2, 0) is 38.8 Å². The van der Waals surface area contributed by atoms with E-state index in [1.165, 1.54) is 41.3 Å². The first-order chi connectivity index (χ1) is 22.9. The SMILES string of the molecule is CC(C)(C)NC(=O)[C@@H](Cc1ccccc1)N(Cc1ccc(Cl)c(Cl)c1)C(=O)CN(c1ccc(Cl)c(C(F)(F)F)c1)S(=O)(=O)c1ccccc1. The monoisotopic (exact) mass is 753 g/mol. The van der Waals surface area contributed by atoms with E-state index in [1.807, 2.05) is 0 Å². The van der Waals surface area contributed by atoms with Crippen molar-refractivity contribution in [2.45, 2.75) is 56.4 Å². The maximum absolute atomic E-state index is 14.5. The third kappa shape index (κ3) is 9.91. The van der Waals surface area contributed by atoms with Crippen molar-refractivity contribution in [2.24, 2.45) is 0 Å². The number of nitrogens with zero attached hydrogens (tertiary/aromatic N) is 2. The van der Waals surface area contributed by atoms with Crippen molar-refractivity contribution in [1.82, 2.24) is 10.2 Å². The lowest BCUT2D eigenvalue weighted by molar-refractivity contribution is -0.140. The molecule has 14 heteroatoms. The molecule has 0 heterocycles. The summed E-state index contributed by atoms with van der Waals surface area (Å²) in [6, 6.07) is 21.9. The highest BCUT2D eigenvalue weighted by atomic mass is 35.5. The molecule has 0 aliphatic heterocycles. The van der Waals surface area contributed by atoms with Crippen LogP contribution in [0.4, 0.5) is 18.9 Å². The number of carbonyl (C=O) groups excluding carboxylic acids is 2. The van der Waals surface area contributed by atoms with Crippen LogP contribution in [0.25, 0.3) is 0 Å². The molecule has 0 saturated carbocycles. The van der Waals surface area contributed by atoms with Crippen molar-refractivity contribution in [3.63, 3.8) is 0 Å². The lowest BCUT2D eigenvalue weighted by Crippen LogP contribution is -2.56. The number of sulfonamides is 1. The molecule has 4 aromatic rings. The Kier molecular flexibility index (Phi) is 12.0. The van der Waals surface area contributed by atoms with Gasteiger partial charge in [0.15, 0.2) is 0 Å². The Morgan fingerprint density at radius 3 is 1.94 bits per heavy atom. The second kappa shape index (κ2) is 15.4. The molecular formula is C35H33Cl3F3N3O4S. The predicted molar refractivity (Wildman–Crippen MR) is 186 cm³/mol. The highest BCUT2D eigenvalue weighted by molar-refractivity contribution is 7.92. The molecule has 0 aliphatic carbocycles. The molecule has 4 aromatic carbocycles. The Morgan fingerprint density at radius 1 is 0.776 bits per heavy atom. The van der Waals surface area contributed by atoms with Gasteiger partial charge in [0.05, 0.1) is 31.2 Å². The molecule has 0 fully saturated rings. The summed E-state index contributed by atoms with van der Waals surface area (Å²) < 4.78 is 70.6. The van der Waals surface area contributed by atoms with Gasteiger partial charge in [0.25, 0.3) is 10.0 Å². The van der Waals surface area contributed by atoms with Gasteiger partial charge in [0.1, 0.15) is 12.6 Å². The van der Waals surface area contributed by atoms with E-state index < -0.39 is 62.4 Å². The van der Waals surface area contributed by atoms with Gasteiger partial charge in [-0.25, -0.2) is 8.42 Å². The Labute approximate surface area is 298 Å². The summed E-state index contributed by atoms with van der Waals surface area (Å²) in [4.78, 5) is 29.4. The summed E-state index contributed by atoms with van der Waals surface area (Å²) in [5.74, 6) is -1.41. The van der Waals surface area contributed by atoms with Gasteiger partial charge in [0, 0.05) is 18.5 Å². The third-order valence-corrected chi connectivity index (χ3v) is 10.1. The molecule has 4 rings (SSSR count). The first-order valence-electron chi connectivity index (χ1n) is 14.9. The lowest BCUT2D eigenvalue weighted by atomic mass is 10.0. The molecule has 0 spiro atoms. The Balaban J connectivity index is 1.88. The van der Waals surface area contributed by atoms with E-state index in [9.17, 15) is 31.2 Å². The van der Waals surface area contributed by atoms with Crippen LogP contribution in [0.3, 0.4) is 0 Å². The van der Waals surface area contributed by atoms with Crippen molar-refractivity contribution >= 4 is 62.3 Å². The van der Waals surface area contributed by atoms with E-state index in [0.29, 0.717) is 21.5 Å². The smallest absolute Gasteiger partial charge is 0.350 e. The fourth-order valence-corrected chi connectivity index (χ4v) is 6.95. The fourth-order valence-electron chi connectivity index (χ4n) is 4.98. The summed E-state index contributed by atoms with van der Waals surface area (Å²) in [5.41, 5.74) is -1.30. The third-order valence-electron chi connectivity index (χ3n) is 7.26. The molecule has 7 nitrogen and oxygen atoms in total. The van der Waals surface area contributed by atoms with Gasteiger partial charge in [0.2, 0.25) is 11.8 Å². The summed E-state index contributed by atoms with van der Waals surface area (Å²) >= 11 is 18.3. The highest BCUT2D eigenvalue weighted by Gasteiger charge is 2.38. The summed E-state index contributed by atoms with van der Waals surface area (Å²) in [6.45, 7) is 4.11. The molecule has 49 heavy (non-hydrogen) atoms. The Bertz CT molecular complexity index is 1910. The van der Waals surface area contributed by atoms with E-state index in [0.717, 1.165) is 12.1 Å². The van der Waals surface area contributed by atoms with E-state index in [1.54, 1.807) is 63.2 Å². The van der Waals surface area contributed by atoms with Crippen molar-refractivity contribution in [3.05, 3.63) is 129 Å². The molecule has 1 atom stereocenters. The summed E-state index contributed by atoms with van der Waals surface area (Å²) in [6.07, 6.45) is -4.90. The molecule has 0 radical (unpaired) electrons. The maximum atomic E-state index is 14.5. The normalized spacial score (nSPS) is 12.7. The van der Waals surface area contributed by atoms with Crippen molar-refractivity contribution in [3.8, 4) is 0 Å². The van der Waals surface area contributed by atoms with Crippen LogP contribution in [0.5, 0.6) is 0 Å². The van der Waals surface area contributed by atoms with Crippen LogP contribution >= 0.6 is 34.8 Å². The minimum absolute atomic E-state index is 0.0282. The second-order valence-electron chi connectivity index (χ2n) is 12.2. The van der Waals surface area contributed by atoms with Crippen LogP contribution in [0.15, 0.2) is 102 Å². The Morgan fingerprint density at radius 2 is 1.37 bits per heavy atom. The molecule has 260 valence electrons. The van der Waals surface area contributed by atoms with Gasteiger partial charge in [-0.1, -0.05) is 89.4 Å². The molecular weight excluding hydrogens is 722 g/mol. The first kappa shape index (κ1) is 38.0. The van der Waals surface area contributed by atoms with E-state index in [2.05, 4.69) is 5.32 Å². The minimum atomic E-state index is -4.93. The number of amides is 2. The number of hydrogen-bond acceptors (Lipinski definition) is 4. The number of hydrogen-bond donors (Lipinski definition) is 1. The van der Waals surface area contributed by atoms with Crippen molar-refractivity contribution in [1.29, 1.82) is 0 Å². The average Bonchev–Trinajstić information content (AvgIpc) is 3.03. The van der Waals surface area contributed by atoms with E-state index in [-0.39, 0.29) is 27.9 Å². The summed E-state index contributed by atoms with van der Waals surface area (Å²) in [5, 5.41) is 2.68. The molecule has 0 bridgehead atoms. The van der Waals surface area contributed by atoms with Crippen LogP contribution in [-0.4, -0.2) is 43.3 Å². The second-order valence-corrected chi connectivity index (χ2v) is 15.3. The molecule has 2 amide bonds. The fraction of sp³-hybridized carbons (Fsp3) is 0.257. The number of alkyl halides is 3. The molecule has 0 saturated heterocycles. The molecule has 0 aliphatic rings. The zero-order valence-electron chi connectivity index (χ0n) is 26.6. The van der Waals surface area contributed by atoms with Crippen LogP contribution in [0, 0.1) is 0 Å². The maximum Gasteiger partial charge on any atom is 0.417 e. The largest absolute Gasteiger partial charge is 0.417 e. The van der Waals surface area contributed by atoms with E-state index >= 15 is 0 Å². The zero-order valence-corrected chi connectivity index (χ0v) is 29.7. The van der Waals surface area contributed by atoms with Crippen molar-refractivity contribution in [2.75, 3.05) is 10.8 Å². The first-order valence-corrected chi connectivity index (χ1v) is 17.5. The molecule has 0 unspecified atom stereocenters. The number of nitrogens with one attached hydrogen (secondary N) is 1. The summed E-state index contributed by atoms with van der Waals surface area (Å²) in [7, 11) is -4.64. The van der Waals surface area contributed by atoms with Gasteiger partial charge < -0.3 is 10.2 Å².